The molecule has 0 saturated carbocycles. The largest absolute Gasteiger partial charge is 0.489 e. The third-order valence-electron chi connectivity index (χ3n) is 4.41. The van der Waals surface area contributed by atoms with E-state index in [2.05, 4.69) is 5.32 Å². The minimum absolute atomic E-state index is 0.0179. The fraction of sp³-hybridized carbons (Fsp3) is 0.474. The van der Waals surface area contributed by atoms with E-state index in [0.717, 1.165) is 11.8 Å². The Morgan fingerprint density at radius 2 is 2.14 bits per heavy atom. The highest BCUT2D eigenvalue weighted by atomic mass is 32.2. The molecule has 0 atom stereocenters. The average Bonchev–Trinajstić information content (AvgIpc) is 2.64. The quantitative estimate of drug-likeness (QED) is 0.663. The Morgan fingerprint density at radius 3 is 2.79 bits per heavy atom. The minimum atomic E-state index is -3.15. The molecule has 1 aliphatic heterocycles. The zero-order chi connectivity index (χ0) is 20.7. The average molecular weight is 412 g/mol. The lowest BCUT2D eigenvalue weighted by molar-refractivity contribution is -0.121. The van der Waals surface area contributed by atoms with Crippen molar-refractivity contribution in [1.82, 2.24) is 10.2 Å². The van der Waals surface area contributed by atoms with Gasteiger partial charge in [-0.25, -0.2) is 12.8 Å². The second-order valence-corrected chi connectivity index (χ2v) is 8.94. The topological polar surface area (TPSA) is 92.8 Å². The van der Waals surface area contributed by atoms with Crippen LogP contribution in [0.2, 0.25) is 0 Å². The van der Waals surface area contributed by atoms with Crippen LogP contribution in [-0.4, -0.2) is 63.4 Å². The lowest BCUT2D eigenvalue weighted by Crippen LogP contribution is -2.44. The molecule has 1 aromatic carbocycles. The van der Waals surface area contributed by atoms with Gasteiger partial charge in [-0.1, -0.05) is 6.92 Å². The van der Waals surface area contributed by atoms with Crippen molar-refractivity contribution in [3.8, 4) is 5.75 Å². The molecule has 1 N–H and O–H groups in total. The molecular weight excluding hydrogens is 387 g/mol. The van der Waals surface area contributed by atoms with Crippen LogP contribution in [0, 0.1) is 0 Å². The van der Waals surface area contributed by atoms with Crippen molar-refractivity contribution in [2.75, 3.05) is 38.2 Å². The van der Waals surface area contributed by atoms with Crippen LogP contribution in [-0.2, 0) is 21.1 Å². The highest BCUT2D eigenvalue weighted by Crippen LogP contribution is 2.24. The summed E-state index contributed by atoms with van der Waals surface area (Å²) in [6.45, 7) is 2.26. The molecule has 154 valence electrons. The Labute approximate surface area is 164 Å². The van der Waals surface area contributed by atoms with E-state index in [-0.39, 0.29) is 31.4 Å². The smallest absolute Gasteiger partial charge is 0.254 e. The first-order chi connectivity index (χ1) is 13.2. The van der Waals surface area contributed by atoms with Gasteiger partial charge in [0.15, 0.2) is 0 Å². The lowest BCUT2D eigenvalue weighted by atomic mass is 9.98. The number of nitrogens with zero attached hydrogens (tertiary/aromatic N) is 1. The molecule has 0 radical (unpaired) electrons. The van der Waals surface area contributed by atoms with Crippen molar-refractivity contribution in [2.45, 2.75) is 19.8 Å². The van der Waals surface area contributed by atoms with Crippen LogP contribution in [0.4, 0.5) is 4.39 Å². The molecule has 0 aromatic heterocycles. The van der Waals surface area contributed by atoms with Crippen molar-refractivity contribution < 1.29 is 27.1 Å². The van der Waals surface area contributed by atoms with Crippen molar-refractivity contribution in [3.63, 3.8) is 0 Å². The Hall–Kier alpha value is -2.42. The van der Waals surface area contributed by atoms with Gasteiger partial charge in [0.2, 0.25) is 5.91 Å². The molecule has 1 heterocycles. The third-order valence-corrected chi connectivity index (χ3v) is 5.35. The third kappa shape index (κ3) is 6.33. The van der Waals surface area contributed by atoms with Crippen molar-refractivity contribution in [3.05, 3.63) is 41.2 Å². The first-order valence-corrected chi connectivity index (χ1v) is 11.1. The molecule has 1 aromatic rings. The van der Waals surface area contributed by atoms with Crippen LogP contribution < -0.4 is 10.1 Å². The number of carbonyl (C=O) groups excluding carboxylic acids is 2. The van der Waals surface area contributed by atoms with E-state index in [1.165, 1.54) is 4.90 Å². The lowest BCUT2D eigenvalue weighted by Gasteiger charge is -2.28. The molecule has 2 rings (SSSR count). The first-order valence-electron chi connectivity index (χ1n) is 9.01. The van der Waals surface area contributed by atoms with Crippen molar-refractivity contribution in [1.29, 1.82) is 0 Å². The summed E-state index contributed by atoms with van der Waals surface area (Å²) in [5.74, 6) is -0.240. The fourth-order valence-corrected chi connectivity index (χ4v) is 3.22. The zero-order valence-electron chi connectivity index (χ0n) is 16.0. The Kier molecular flexibility index (Phi) is 7.56. The number of amides is 2. The molecule has 0 spiro atoms. The van der Waals surface area contributed by atoms with Crippen LogP contribution >= 0.6 is 0 Å². The molecule has 0 aliphatic carbocycles. The van der Waals surface area contributed by atoms with E-state index >= 15 is 0 Å². The standard InChI is InChI=1S/C19H25FN2O5S/c1-3-14(11-20)13-27-16-4-5-17-15(10-16)6-8-22(19(17)24)12-18(23)21-7-9-28(2,25)26/h4-5,10-11H,3,6-9,12-13H2,1-2H3,(H,21,23)/b14-11+. The summed E-state index contributed by atoms with van der Waals surface area (Å²) in [7, 11) is -3.15. The SMILES string of the molecule is CC/C(=C\F)COc1ccc2c(c1)CCN(CC(=O)NCCS(C)(=O)=O)C2=O. The number of fused-ring (bicyclic) bond motifs is 1. The summed E-state index contributed by atoms with van der Waals surface area (Å²) >= 11 is 0. The number of rotatable bonds is 9. The van der Waals surface area contributed by atoms with E-state index in [9.17, 15) is 22.4 Å². The maximum atomic E-state index is 12.6. The molecule has 0 unspecified atom stereocenters. The van der Waals surface area contributed by atoms with Crippen molar-refractivity contribution in [2.24, 2.45) is 0 Å². The molecule has 28 heavy (non-hydrogen) atoms. The van der Waals surface area contributed by atoms with Gasteiger partial charge >= 0.3 is 0 Å². The number of ether oxygens (including phenoxy) is 1. The van der Waals surface area contributed by atoms with Gasteiger partial charge in [-0.2, -0.15) is 0 Å². The molecule has 7 nitrogen and oxygen atoms in total. The predicted molar refractivity (Wildman–Crippen MR) is 104 cm³/mol. The normalized spacial score (nSPS) is 14.6. The van der Waals surface area contributed by atoms with Crippen molar-refractivity contribution >= 4 is 21.7 Å². The highest BCUT2D eigenvalue weighted by molar-refractivity contribution is 7.90. The molecule has 1 aliphatic rings. The Bertz CT molecular complexity index is 867. The van der Waals surface area contributed by atoms with E-state index in [1.807, 2.05) is 6.92 Å². The summed E-state index contributed by atoms with van der Waals surface area (Å²) in [6, 6.07) is 5.06. The van der Waals surface area contributed by atoms with Gasteiger partial charge in [0, 0.05) is 24.9 Å². The molecular formula is C19H25FN2O5S. The van der Waals surface area contributed by atoms with Crippen LogP contribution in [0.3, 0.4) is 0 Å². The summed E-state index contributed by atoms with van der Waals surface area (Å²) < 4.78 is 40.4. The van der Waals surface area contributed by atoms with Crippen LogP contribution in [0.5, 0.6) is 5.75 Å². The number of benzene rings is 1. The minimum Gasteiger partial charge on any atom is -0.489 e. The first kappa shape index (κ1) is 21.9. The number of carbonyl (C=O) groups is 2. The van der Waals surface area contributed by atoms with Crippen LogP contribution in [0.15, 0.2) is 30.1 Å². The summed E-state index contributed by atoms with van der Waals surface area (Å²) in [4.78, 5) is 26.0. The fourth-order valence-electron chi connectivity index (χ4n) is 2.75. The van der Waals surface area contributed by atoms with E-state index < -0.39 is 15.7 Å². The van der Waals surface area contributed by atoms with E-state index in [4.69, 9.17) is 4.74 Å². The van der Waals surface area contributed by atoms with Crippen LogP contribution in [0.1, 0.15) is 29.3 Å². The number of hydrogen-bond acceptors (Lipinski definition) is 5. The zero-order valence-corrected chi connectivity index (χ0v) is 16.9. The van der Waals surface area contributed by atoms with Gasteiger partial charge in [-0.05, 0) is 42.2 Å². The summed E-state index contributed by atoms with van der Waals surface area (Å²) in [5, 5.41) is 2.51. The van der Waals surface area contributed by atoms with Gasteiger partial charge in [0.05, 0.1) is 18.6 Å². The molecule has 0 bridgehead atoms. The second-order valence-electron chi connectivity index (χ2n) is 6.69. The van der Waals surface area contributed by atoms with Gasteiger partial charge < -0.3 is 15.0 Å². The molecule has 0 fully saturated rings. The number of sulfone groups is 1. The Morgan fingerprint density at radius 1 is 1.39 bits per heavy atom. The number of halogens is 1. The maximum Gasteiger partial charge on any atom is 0.254 e. The summed E-state index contributed by atoms with van der Waals surface area (Å²) in [6.07, 6.45) is 2.76. The second kappa shape index (κ2) is 9.68. The number of nitrogens with one attached hydrogen (secondary N) is 1. The maximum absolute atomic E-state index is 12.6. The highest BCUT2D eigenvalue weighted by Gasteiger charge is 2.26. The van der Waals surface area contributed by atoms with E-state index in [1.54, 1.807) is 18.2 Å². The van der Waals surface area contributed by atoms with Gasteiger partial charge in [-0.15, -0.1) is 0 Å². The molecule has 0 saturated heterocycles. The molecule has 2 amide bonds. The monoisotopic (exact) mass is 412 g/mol. The van der Waals surface area contributed by atoms with Gasteiger partial charge in [0.25, 0.3) is 5.91 Å². The van der Waals surface area contributed by atoms with Gasteiger partial charge in [-0.3, -0.25) is 9.59 Å². The van der Waals surface area contributed by atoms with Crippen LogP contribution in [0.25, 0.3) is 0 Å². The van der Waals surface area contributed by atoms with Gasteiger partial charge in [0.1, 0.15) is 22.2 Å². The molecule has 9 heteroatoms. The number of hydrogen-bond donors (Lipinski definition) is 1. The Balaban J connectivity index is 1.94. The van der Waals surface area contributed by atoms with E-state index in [0.29, 0.717) is 42.6 Å². The predicted octanol–water partition coefficient (Wildman–Crippen LogP) is 1.49. The summed E-state index contributed by atoms with van der Waals surface area (Å²) in [5.41, 5.74) is 1.86.